The fourth-order valence-electron chi connectivity index (χ4n) is 9.96. The van der Waals surface area contributed by atoms with Gasteiger partial charge in [-0.25, -0.2) is 4.98 Å². The van der Waals surface area contributed by atoms with Crippen LogP contribution in [0, 0.1) is 0 Å². The molecule has 1 aliphatic rings. The predicted octanol–water partition coefficient (Wildman–Crippen LogP) is 17.7. The molecule has 0 fully saturated rings. The van der Waals surface area contributed by atoms with Gasteiger partial charge in [-0.2, -0.15) is 0 Å². The summed E-state index contributed by atoms with van der Waals surface area (Å²) < 4.78 is 9.20. The van der Waals surface area contributed by atoms with Crippen LogP contribution in [0.2, 0.25) is 0 Å². The van der Waals surface area contributed by atoms with Crippen molar-refractivity contribution in [3.63, 3.8) is 0 Å². The third-order valence-corrected chi connectivity index (χ3v) is 14.4. The first-order valence-corrected chi connectivity index (χ1v) is 25.1. The Morgan fingerprint density at radius 2 is 1.09 bits per heavy atom. The Morgan fingerprint density at radius 3 is 1.70 bits per heavy atom. The van der Waals surface area contributed by atoms with E-state index >= 15 is 0 Å². The highest BCUT2D eigenvalue weighted by Crippen LogP contribution is 2.43. The largest absolute Gasteiger partial charge is 0.457 e. The SMILES string of the molecule is CC(C)c1cc(C(C)C)c(-c2ccnc(-n3c4cc(Oc5cccc(N6C=CN(c7cc(C(C)(C)C)cc(C(C)(C)C)c7)C6)c5)ccc4c4ccc(C(C)(C)c5ccccc5)cc43)c2)c(C(C)C)c1. The second-order valence-electron chi connectivity index (χ2n) is 22.9. The molecule has 0 unspecified atom stereocenters. The minimum Gasteiger partial charge on any atom is -0.457 e. The fourth-order valence-corrected chi connectivity index (χ4v) is 9.96. The van der Waals surface area contributed by atoms with Crippen molar-refractivity contribution in [3.8, 4) is 28.4 Å². The van der Waals surface area contributed by atoms with Gasteiger partial charge in [0.1, 0.15) is 17.3 Å². The Kier molecular flexibility index (Phi) is 12.4. The Labute approximate surface area is 412 Å². The van der Waals surface area contributed by atoms with Gasteiger partial charge in [0.25, 0.3) is 0 Å². The first-order chi connectivity index (χ1) is 32.7. The number of pyridine rings is 1. The molecule has 6 aromatic carbocycles. The monoisotopic (exact) mass is 913 g/mol. The van der Waals surface area contributed by atoms with Crippen LogP contribution in [0.25, 0.3) is 38.8 Å². The minimum atomic E-state index is -0.227. The molecule has 0 saturated heterocycles. The molecule has 2 aromatic heterocycles. The van der Waals surface area contributed by atoms with Crippen molar-refractivity contribution in [3.05, 3.63) is 191 Å². The van der Waals surface area contributed by atoms with Crippen LogP contribution in [0.1, 0.15) is 154 Å². The van der Waals surface area contributed by atoms with E-state index in [0.29, 0.717) is 24.4 Å². The third-order valence-electron chi connectivity index (χ3n) is 14.4. The molecule has 9 rings (SSSR count). The third kappa shape index (κ3) is 9.33. The zero-order valence-corrected chi connectivity index (χ0v) is 43.6. The summed E-state index contributed by atoms with van der Waals surface area (Å²) >= 11 is 0. The van der Waals surface area contributed by atoms with Gasteiger partial charge in [-0.05, 0) is 133 Å². The predicted molar refractivity (Wildman–Crippen MR) is 294 cm³/mol. The average molecular weight is 913 g/mol. The number of benzene rings is 6. The maximum atomic E-state index is 6.84. The summed E-state index contributed by atoms with van der Waals surface area (Å²) in [4.78, 5) is 9.82. The van der Waals surface area contributed by atoms with Gasteiger partial charge in [0.15, 0.2) is 0 Å². The number of hydrogen-bond acceptors (Lipinski definition) is 4. The topological polar surface area (TPSA) is 33.5 Å². The molecule has 0 bridgehead atoms. The zero-order chi connectivity index (χ0) is 49.2. The number of aromatic nitrogens is 2. The number of rotatable bonds is 11. The molecule has 69 heavy (non-hydrogen) atoms. The molecule has 1 aliphatic heterocycles. The van der Waals surface area contributed by atoms with E-state index in [2.05, 4.69) is 257 Å². The molecule has 354 valence electrons. The van der Waals surface area contributed by atoms with E-state index in [9.17, 15) is 0 Å². The summed E-state index contributed by atoms with van der Waals surface area (Å²) in [6.07, 6.45) is 6.36. The van der Waals surface area contributed by atoms with E-state index in [1.807, 2.05) is 6.20 Å². The van der Waals surface area contributed by atoms with Crippen molar-refractivity contribution in [1.29, 1.82) is 0 Å². The van der Waals surface area contributed by atoms with Crippen LogP contribution in [-0.4, -0.2) is 16.2 Å². The van der Waals surface area contributed by atoms with Crippen LogP contribution in [-0.2, 0) is 16.2 Å². The van der Waals surface area contributed by atoms with E-state index in [0.717, 1.165) is 39.4 Å². The second kappa shape index (κ2) is 18.1. The van der Waals surface area contributed by atoms with Crippen molar-refractivity contribution in [1.82, 2.24) is 9.55 Å². The Hall–Kier alpha value is -6.59. The lowest BCUT2D eigenvalue weighted by Crippen LogP contribution is -2.26. The number of fused-ring (bicyclic) bond motifs is 3. The lowest BCUT2D eigenvalue weighted by atomic mass is 9.78. The van der Waals surface area contributed by atoms with Crippen molar-refractivity contribution >= 4 is 33.2 Å². The maximum Gasteiger partial charge on any atom is 0.138 e. The molecule has 0 N–H and O–H groups in total. The van der Waals surface area contributed by atoms with Gasteiger partial charge in [0.2, 0.25) is 0 Å². The van der Waals surface area contributed by atoms with Gasteiger partial charge in [-0.1, -0.05) is 164 Å². The van der Waals surface area contributed by atoms with Crippen LogP contribution in [0.5, 0.6) is 11.5 Å². The number of ether oxygens (including phenoxy) is 1. The van der Waals surface area contributed by atoms with E-state index in [-0.39, 0.29) is 16.2 Å². The van der Waals surface area contributed by atoms with E-state index in [1.165, 1.54) is 61.1 Å². The zero-order valence-electron chi connectivity index (χ0n) is 43.6. The van der Waals surface area contributed by atoms with Gasteiger partial charge < -0.3 is 14.5 Å². The van der Waals surface area contributed by atoms with E-state index < -0.39 is 0 Å². The quantitative estimate of drug-likeness (QED) is 0.129. The molecular formula is C64H72N4O. The molecule has 0 radical (unpaired) electrons. The standard InChI is InChI=1S/C64H72N4O/c1-41(2)45-31-56(42(3)4)61(57(32-45)43(5)6)44-27-28-65-60(33-44)68-58-37-47(64(13,14)46-19-16-15-17-20-46)23-25-54(58)55-26-24-53(39-59(55)68)69-52-22-18-21-50(38-52)66-29-30-67(40-66)51-35-48(62(7,8)9)34-49(36-51)63(10,11)12/h15-39,41-43H,40H2,1-14H3. The molecule has 5 nitrogen and oxygen atoms in total. The molecule has 0 amide bonds. The van der Waals surface area contributed by atoms with Crippen LogP contribution >= 0.6 is 0 Å². The summed E-state index contributed by atoms with van der Waals surface area (Å²) in [6.45, 7) is 33.0. The summed E-state index contributed by atoms with van der Waals surface area (Å²) in [5, 5.41) is 2.33. The van der Waals surface area contributed by atoms with Crippen molar-refractivity contribution in [2.45, 2.75) is 131 Å². The molecule has 5 heteroatoms. The summed E-state index contributed by atoms with van der Waals surface area (Å²) in [7, 11) is 0. The highest BCUT2D eigenvalue weighted by Gasteiger charge is 2.27. The second-order valence-corrected chi connectivity index (χ2v) is 22.9. The van der Waals surface area contributed by atoms with Gasteiger partial charge in [0, 0.05) is 58.3 Å². The molecule has 3 heterocycles. The van der Waals surface area contributed by atoms with Gasteiger partial charge >= 0.3 is 0 Å². The molecule has 0 atom stereocenters. The fraction of sp³-hybridized carbons (Fsp3) is 0.328. The Balaban J connectivity index is 1.12. The van der Waals surface area contributed by atoms with Crippen molar-refractivity contribution < 1.29 is 4.74 Å². The molecule has 8 aromatic rings. The maximum absolute atomic E-state index is 6.84. The highest BCUT2D eigenvalue weighted by atomic mass is 16.5. The first kappa shape index (κ1) is 47.5. The normalized spacial score (nSPS) is 13.6. The lowest BCUT2D eigenvalue weighted by Gasteiger charge is -2.29. The first-order valence-electron chi connectivity index (χ1n) is 25.1. The van der Waals surface area contributed by atoms with Crippen LogP contribution in [0.4, 0.5) is 11.4 Å². The van der Waals surface area contributed by atoms with E-state index in [4.69, 9.17) is 9.72 Å². The van der Waals surface area contributed by atoms with Gasteiger partial charge in [-0.3, -0.25) is 4.57 Å². The number of hydrogen-bond donors (Lipinski definition) is 0. The van der Waals surface area contributed by atoms with Gasteiger partial charge in [0.05, 0.1) is 17.7 Å². The molecular weight excluding hydrogens is 841 g/mol. The molecule has 0 spiro atoms. The smallest absolute Gasteiger partial charge is 0.138 e. The highest BCUT2D eigenvalue weighted by molar-refractivity contribution is 6.10. The lowest BCUT2D eigenvalue weighted by molar-refractivity contribution is 0.483. The van der Waals surface area contributed by atoms with Crippen molar-refractivity contribution in [2.24, 2.45) is 0 Å². The van der Waals surface area contributed by atoms with Crippen LogP contribution in [0.3, 0.4) is 0 Å². The number of anilines is 2. The summed E-state index contributed by atoms with van der Waals surface area (Å²) in [5.41, 5.74) is 16.2. The Bertz CT molecular complexity index is 3150. The Morgan fingerprint density at radius 1 is 0.493 bits per heavy atom. The summed E-state index contributed by atoms with van der Waals surface area (Å²) in [5.74, 6) is 3.59. The number of nitrogens with zero attached hydrogens (tertiary/aromatic N) is 4. The van der Waals surface area contributed by atoms with Crippen LogP contribution < -0.4 is 14.5 Å². The minimum absolute atomic E-state index is 0.0417. The van der Waals surface area contributed by atoms with E-state index in [1.54, 1.807) is 0 Å². The summed E-state index contributed by atoms with van der Waals surface area (Å²) in [6, 6.07) is 49.3. The van der Waals surface area contributed by atoms with Crippen molar-refractivity contribution in [2.75, 3.05) is 16.5 Å². The average Bonchev–Trinajstić information content (AvgIpc) is 3.94. The molecule has 0 aliphatic carbocycles. The van der Waals surface area contributed by atoms with Crippen LogP contribution in [0.15, 0.2) is 152 Å². The van der Waals surface area contributed by atoms with Gasteiger partial charge in [-0.15, -0.1) is 0 Å². The molecule has 0 saturated carbocycles.